The molecule has 45 heavy (non-hydrogen) atoms. The number of benzene rings is 2. The van der Waals surface area contributed by atoms with Gasteiger partial charge in [0, 0.05) is 55.6 Å². The molecule has 0 unspecified atom stereocenters. The number of nitrogens with zero attached hydrogens (tertiary/aromatic N) is 3. The summed E-state index contributed by atoms with van der Waals surface area (Å²) in [4.78, 5) is 43.7. The minimum absolute atomic E-state index is 0.258. The number of fused-ring (bicyclic) bond motifs is 1. The fourth-order valence-electron chi connectivity index (χ4n) is 5.27. The fourth-order valence-corrected chi connectivity index (χ4v) is 5.27. The van der Waals surface area contributed by atoms with Gasteiger partial charge < -0.3 is 29.7 Å². The van der Waals surface area contributed by atoms with E-state index in [4.69, 9.17) is 14.2 Å². The molecule has 11 nitrogen and oxygen atoms in total. The van der Waals surface area contributed by atoms with E-state index in [2.05, 4.69) is 15.6 Å². The summed E-state index contributed by atoms with van der Waals surface area (Å²) < 4.78 is 19.0. The van der Waals surface area contributed by atoms with Crippen LogP contribution in [0.2, 0.25) is 0 Å². The molecule has 0 atom stereocenters. The van der Waals surface area contributed by atoms with Crippen molar-refractivity contribution in [1.29, 1.82) is 0 Å². The third-order valence-electron chi connectivity index (χ3n) is 7.48. The number of pyridine rings is 1. The first kappa shape index (κ1) is 31.4. The van der Waals surface area contributed by atoms with Crippen LogP contribution in [-0.4, -0.2) is 64.8 Å². The second-order valence-corrected chi connectivity index (χ2v) is 11.8. The Kier molecular flexibility index (Phi) is 9.26. The maximum atomic E-state index is 13.1. The van der Waals surface area contributed by atoms with Crippen LogP contribution in [0.1, 0.15) is 62.4 Å². The zero-order valence-corrected chi connectivity index (χ0v) is 26.3. The molecular weight excluding hydrogens is 574 g/mol. The van der Waals surface area contributed by atoms with Crippen molar-refractivity contribution in [2.45, 2.75) is 52.1 Å². The van der Waals surface area contributed by atoms with E-state index in [1.807, 2.05) is 45.9 Å². The van der Waals surface area contributed by atoms with Gasteiger partial charge in [0.1, 0.15) is 17.2 Å². The van der Waals surface area contributed by atoms with Gasteiger partial charge in [0.2, 0.25) is 0 Å². The van der Waals surface area contributed by atoms with E-state index in [1.165, 1.54) is 4.57 Å². The lowest BCUT2D eigenvalue weighted by Gasteiger charge is -2.33. The van der Waals surface area contributed by atoms with Crippen molar-refractivity contribution in [3.63, 3.8) is 0 Å². The average Bonchev–Trinajstić information content (AvgIpc) is 3.43. The molecule has 2 aromatic heterocycles. The average molecular weight is 614 g/mol. The molecule has 0 saturated carbocycles. The number of amides is 3. The SMILES string of the molecule is CCOc1cc2c(ccn2C(=O)NC)cc1Oc1ccnc(NC(=O)c2ccc(C3CCN(C(=O)OC(C)(C)C)CC3)cc2)c1. The van der Waals surface area contributed by atoms with E-state index >= 15 is 0 Å². The number of aromatic nitrogens is 2. The van der Waals surface area contributed by atoms with Crippen molar-refractivity contribution in [2.75, 3.05) is 32.1 Å². The first-order valence-corrected chi connectivity index (χ1v) is 15.1. The van der Waals surface area contributed by atoms with E-state index in [0.717, 1.165) is 23.8 Å². The predicted molar refractivity (Wildman–Crippen MR) is 171 cm³/mol. The lowest BCUT2D eigenvalue weighted by Crippen LogP contribution is -2.41. The van der Waals surface area contributed by atoms with Crippen LogP contribution in [0, 0.1) is 0 Å². The molecule has 1 aliphatic rings. The van der Waals surface area contributed by atoms with E-state index in [9.17, 15) is 14.4 Å². The molecule has 1 fully saturated rings. The molecule has 11 heteroatoms. The van der Waals surface area contributed by atoms with Gasteiger partial charge in [-0.1, -0.05) is 12.1 Å². The Hall–Kier alpha value is -5.06. The van der Waals surface area contributed by atoms with Crippen molar-refractivity contribution in [3.05, 3.63) is 78.1 Å². The number of carbonyl (C=O) groups excluding carboxylic acids is 3. The Balaban J connectivity index is 1.22. The lowest BCUT2D eigenvalue weighted by molar-refractivity contribution is 0.0204. The summed E-state index contributed by atoms with van der Waals surface area (Å²) >= 11 is 0. The molecule has 2 aromatic carbocycles. The highest BCUT2D eigenvalue weighted by atomic mass is 16.6. The van der Waals surface area contributed by atoms with Crippen LogP contribution in [0.25, 0.3) is 10.9 Å². The Morgan fingerprint density at radius 1 is 0.978 bits per heavy atom. The van der Waals surface area contributed by atoms with E-state index in [0.29, 0.717) is 59.8 Å². The molecule has 0 bridgehead atoms. The Bertz CT molecular complexity index is 1680. The highest BCUT2D eigenvalue weighted by molar-refractivity contribution is 6.03. The number of hydrogen-bond donors (Lipinski definition) is 2. The van der Waals surface area contributed by atoms with Gasteiger partial charge in [-0.2, -0.15) is 0 Å². The van der Waals surface area contributed by atoms with Crippen molar-refractivity contribution in [1.82, 2.24) is 19.8 Å². The monoisotopic (exact) mass is 613 g/mol. The topological polar surface area (TPSA) is 124 Å². The van der Waals surface area contributed by atoms with Gasteiger partial charge in [0.15, 0.2) is 11.5 Å². The molecule has 5 rings (SSSR count). The number of piperidine rings is 1. The van der Waals surface area contributed by atoms with Gasteiger partial charge in [-0.25, -0.2) is 14.6 Å². The van der Waals surface area contributed by atoms with Gasteiger partial charge in [-0.05, 0) is 82.3 Å². The van der Waals surface area contributed by atoms with E-state index in [-0.39, 0.29) is 18.0 Å². The van der Waals surface area contributed by atoms with Crippen LogP contribution in [-0.2, 0) is 4.74 Å². The summed E-state index contributed by atoms with van der Waals surface area (Å²) in [6.45, 7) is 9.14. The molecule has 3 heterocycles. The summed E-state index contributed by atoms with van der Waals surface area (Å²) in [6, 6.07) is 16.0. The molecule has 0 aliphatic carbocycles. The first-order chi connectivity index (χ1) is 21.5. The molecule has 2 N–H and O–H groups in total. The molecule has 0 radical (unpaired) electrons. The molecule has 4 aromatic rings. The molecule has 0 spiro atoms. The Morgan fingerprint density at radius 3 is 2.38 bits per heavy atom. The number of ether oxygens (including phenoxy) is 3. The van der Waals surface area contributed by atoms with Crippen LogP contribution in [0.15, 0.2) is 67.0 Å². The van der Waals surface area contributed by atoms with Crippen LogP contribution in [0.5, 0.6) is 17.2 Å². The molecule has 3 amide bonds. The minimum Gasteiger partial charge on any atom is -0.490 e. The third-order valence-corrected chi connectivity index (χ3v) is 7.48. The number of rotatable bonds is 7. The number of carbonyl (C=O) groups is 3. The largest absolute Gasteiger partial charge is 0.490 e. The normalized spacial score (nSPS) is 13.8. The second kappa shape index (κ2) is 13.3. The lowest BCUT2D eigenvalue weighted by atomic mass is 9.89. The van der Waals surface area contributed by atoms with E-state index < -0.39 is 5.60 Å². The second-order valence-electron chi connectivity index (χ2n) is 11.8. The smallest absolute Gasteiger partial charge is 0.410 e. The van der Waals surface area contributed by atoms with Crippen LogP contribution in [0.4, 0.5) is 15.4 Å². The zero-order valence-electron chi connectivity index (χ0n) is 26.3. The Morgan fingerprint density at radius 2 is 1.71 bits per heavy atom. The van der Waals surface area contributed by atoms with Gasteiger partial charge in [0.05, 0.1) is 12.1 Å². The Labute approximate surface area is 262 Å². The molecule has 236 valence electrons. The first-order valence-electron chi connectivity index (χ1n) is 15.1. The zero-order chi connectivity index (χ0) is 32.1. The van der Waals surface area contributed by atoms with E-state index in [1.54, 1.807) is 60.7 Å². The quantitative estimate of drug-likeness (QED) is 0.235. The minimum atomic E-state index is -0.514. The molecule has 1 aliphatic heterocycles. The van der Waals surface area contributed by atoms with Gasteiger partial charge in [-0.3, -0.25) is 9.36 Å². The maximum Gasteiger partial charge on any atom is 0.410 e. The fraction of sp³-hybridized carbons (Fsp3) is 0.353. The van der Waals surface area contributed by atoms with Crippen LogP contribution in [0.3, 0.4) is 0 Å². The van der Waals surface area contributed by atoms with Crippen molar-refractivity contribution in [3.8, 4) is 17.2 Å². The number of anilines is 1. The third kappa shape index (κ3) is 7.54. The highest BCUT2D eigenvalue weighted by Gasteiger charge is 2.27. The summed E-state index contributed by atoms with van der Waals surface area (Å²) in [6.07, 6.45) is 4.63. The van der Waals surface area contributed by atoms with Gasteiger partial charge >= 0.3 is 12.1 Å². The number of hydrogen-bond acceptors (Lipinski definition) is 7. The van der Waals surface area contributed by atoms with Crippen LogP contribution >= 0.6 is 0 Å². The summed E-state index contributed by atoms with van der Waals surface area (Å²) in [5.41, 5.74) is 1.81. The summed E-state index contributed by atoms with van der Waals surface area (Å²) in [5, 5.41) is 6.27. The summed E-state index contributed by atoms with van der Waals surface area (Å²) in [5.74, 6) is 1.75. The van der Waals surface area contributed by atoms with Gasteiger partial charge in [0.25, 0.3) is 5.91 Å². The molecular formula is C34H39N5O6. The standard InChI is InChI=1S/C34H39N5O6/c1-6-43-28-21-27-25(14-18-39(27)32(41)35-5)19-29(28)44-26-11-15-36-30(20-26)37-31(40)24-9-7-22(8-10-24)23-12-16-38(17-13-23)33(42)45-34(2,3)4/h7-11,14-15,18-21,23H,6,12-13,16-17H2,1-5H3,(H,35,41)(H,36,37,40). The summed E-state index contributed by atoms with van der Waals surface area (Å²) in [7, 11) is 1.57. The number of nitrogens with one attached hydrogen (secondary N) is 2. The van der Waals surface area contributed by atoms with Crippen molar-refractivity contribution >= 4 is 34.8 Å². The molecule has 1 saturated heterocycles. The van der Waals surface area contributed by atoms with Crippen molar-refractivity contribution < 1.29 is 28.6 Å². The predicted octanol–water partition coefficient (Wildman–Crippen LogP) is 6.78. The van der Waals surface area contributed by atoms with Gasteiger partial charge in [-0.15, -0.1) is 0 Å². The maximum absolute atomic E-state index is 13.1. The van der Waals surface area contributed by atoms with Crippen LogP contribution < -0.4 is 20.1 Å². The van der Waals surface area contributed by atoms with Crippen molar-refractivity contribution in [2.24, 2.45) is 0 Å². The highest BCUT2D eigenvalue weighted by Crippen LogP contribution is 2.37. The number of likely N-dealkylation sites (tertiary alicyclic amines) is 1.